The smallest absolute Gasteiger partial charge is 0.320 e. The van der Waals surface area contributed by atoms with Gasteiger partial charge in [0, 0.05) is 26.2 Å². The number of rotatable bonds is 0. The van der Waals surface area contributed by atoms with E-state index in [0.29, 0.717) is 11.8 Å². The Kier molecular flexibility index (Phi) is 3.95. The molecule has 0 aromatic carbocycles. The molecule has 17 heavy (non-hydrogen) atoms. The van der Waals surface area contributed by atoms with Gasteiger partial charge in [0.05, 0.1) is 0 Å². The average molecular weight is 238 g/mol. The van der Waals surface area contributed by atoms with Gasteiger partial charge in [-0.25, -0.2) is 4.79 Å². The van der Waals surface area contributed by atoms with Gasteiger partial charge in [0.2, 0.25) is 0 Å². The summed E-state index contributed by atoms with van der Waals surface area (Å²) in [5, 5.41) is 0. The van der Waals surface area contributed by atoms with Crippen molar-refractivity contribution in [3.8, 4) is 0 Å². The molecule has 0 saturated carbocycles. The number of carbonyl (C=O) groups excluding carboxylic acids is 1. The molecule has 2 aliphatic heterocycles. The van der Waals surface area contributed by atoms with Gasteiger partial charge in [0.1, 0.15) is 0 Å². The molecule has 2 saturated heterocycles. The second-order valence-corrected chi connectivity index (χ2v) is 6.30. The van der Waals surface area contributed by atoms with Gasteiger partial charge < -0.3 is 9.80 Å². The molecule has 0 radical (unpaired) electrons. The minimum atomic E-state index is 0.287. The Morgan fingerprint density at radius 1 is 0.882 bits per heavy atom. The van der Waals surface area contributed by atoms with Crippen molar-refractivity contribution in [2.45, 2.75) is 40.0 Å². The highest BCUT2D eigenvalue weighted by Gasteiger charge is 2.29. The second-order valence-electron chi connectivity index (χ2n) is 6.30. The number of hydrogen-bond donors (Lipinski definition) is 0. The molecule has 2 atom stereocenters. The Hall–Kier alpha value is -0.730. The Balaban J connectivity index is 1.90. The summed E-state index contributed by atoms with van der Waals surface area (Å²) >= 11 is 0. The summed E-state index contributed by atoms with van der Waals surface area (Å²) in [5.74, 6) is 2.11. The third-order valence-electron chi connectivity index (χ3n) is 4.19. The van der Waals surface area contributed by atoms with Crippen LogP contribution in [-0.2, 0) is 0 Å². The van der Waals surface area contributed by atoms with Crippen LogP contribution in [0.5, 0.6) is 0 Å². The van der Waals surface area contributed by atoms with Gasteiger partial charge in [-0.05, 0) is 37.0 Å². The molecule has 0 aromatic heterocycles. The van der Waals surface area contributed by atoms with Gasteiger partial charge in [0.15, 0.2) is 0 Å². The lowest BCUT2D eigenvalue weighted by Gasteiger charge is -2.40. The molecule has 2 aliphatic rings. The molecule has 0 bridgehead atoms. The van der Waals surface area contributed by atoms with E-state index in [9.17, 15) is 4.79 Å². The van der Waals surface area contributed by atoms with Crippen molar-refractivity contribution in [2.24, 2.45) is 17.8 Å². The molecule has 0 spiro atoms. The Labute approximate surface area is 105 Å². The van der Waals surface area contributed by atoms with Crippen molar-refractivity contribution in [1.29, 1.82) is 0 Å². The van der Waals surface area contributed by atoms with E-state index in [-0.39, 0.29) is 6.03 Å². The van der Waals surface area contributed by atoms with Crippen LogP contribution in [0.15, 0.2) is 0 Å². The highest BCUT2D eigenvalue weighted by molar-refractivity contribution is 5.74. The van der Waals surface area contributed by atoms with Crippen molar-refractivity contribution in [3.63, 3.8) is 0 Å². The van der Waals surface area contributed by atoms with E-state index >= 15 is 0 Å². The van der Waals surface area contributed by atoms with Crippen LogP contribution in [0.3, 0.4) is 0 Å². The number of amides is 2. The van der Waals surface area contributed by atoms with Gasteiger partial charge in [-0.3, -0.25) is 0 Å². The second kappa shape index (κ2) is 5.28. The van der Waals surface area contributed by atoms with Crippen LogP contribution in [0.4, 0.5) is 4.79 Å². The van der Waals surface area contributed by atoms with Crippen molar-refractivity contribution in [1.82, 2.24) is 9.80 Å². The Bertz CT molecular complexity index is 261. The first-order valence-corrected chi connectivity index (χ1v) is 7.10. The fourth-order valence-electron chi connectivity index (χ4n) is 3.22. The van der Waals surface area contributed by atoms with Crippen molar-refractivity contribution < 1.29 is 4.79 Å². The number of hydrogen-bond acceptors (Lipinski definition) is 1. The third kappa shape index (κ3) is 3.14. The Morgan fingerprint density at radius 3 is 1.94 bits per heavy atom. The number of carbonyl (C=O) groups is 1. The largest absolute Gasteiger partial charge is 0.325 e. The maximum absolute atomic E-state index is 12.4. The topological polar surface area (TPSA) is 23.6 Å². The summed E-state index contributed by atoms with van der Waals surface area (Å²) in [6.07, 6.45) is 3.61. The van der Waals surface area contributed by atoms with Crippen LogP contribution in [0.25, 0.3) is 0 Å². The molecular formula is C14H26N2O. The number of nitrogens with zero attached hydrogens (tertiary/aromatic N) is 2. The van der Waals surface area contributed by atoms with E-state index in [1.165, 1.54) is 19.3 Å². The Morgan fingerprint density at radius 2 is 1.41 bits per heavy atom. The van der Waals surface area contributed by atoms with Crippen molar-refractivity contribution in [3.05, 3.63) is 0 Å². The first-order valence-electron chi connectivity index (χ1n) is 7.10. The van der Waals surface area contributed by atoms with E-state index in [1.54, 1.807) is 0 Å². The number of likely N-dealkylation sites (tertiary alicyclic amines) is 2. The summed E-state index contributed by atoms with van der Waals surface area (Å²) in [5.41, 5.74) is 0. The molecule has 3 heteroatoms. The van der Waals surface area contributed by atoms with E-state index in [4.69, 9.17) is 0 Å². The van der Waals surface area contributed by atoms with E-state index in [2.05, 4.69) is 30.6 Å². The quantitative estimate of drug-likeness (QED) is 0.636. The minimum Gasteiger partial charge on any atom is -0.325 e. The molecule has 98 valence electrons. The lowest BCUT2D eigenvalue weighted by molar-refractivity contribution is 0.102. The van der Waals surface area contributed by atoms with Crippen molar-refractivity contribution in [2.75, 3.05) is 26.2 Å². The molecule has 0 aromatic rings. The first kappa shape index (κ1) is 12.7. The number of piperidine rings is 2. The van der Waals surface area contributed by atoms with Gasteiger partial charge >= 0.3 is 6.03 Å². The molecule has 2 unspecified atom stereocenters. The molecule has 0 N–H and O–H groups in total. The zero-order chi connectivity index (χ0) is 12.4. The molecular weight excluding hydrogens is 212 g/mol. The zero-order valence-corrected chi connectivity index (χ0v) is 11.5. The first-order chi connectivity index (χ1) is 8.06. The standard InChI is InChI=1S/C14H26N2O/c1-11-4-6-15(7-5-11)14(17)16-9-12(2)8-13(3)10-16/h11-13H,4-10H2,1-3H3. The monoisotopic (exact) mass is 238 g/mol. The maximum Gasteiger partial charge on any atom is 0.320 e. The van der Waals surface area contributed by atoms with Gasteiger partial charge in [0.25, 0.3) is 0 Å². The van der Waals surface area contributed by atoms with Crippen LogP contribution in [-0.4, -0.2) is 42.0 Å². The zero-order valence-electron chi connectivity index (χ0n) is 11.5. The van der Waals surface area contributed by atoms with Gasteiger partial charge in [-0.2, -0.15) is 0 Å². The average Bonchev–Trinajstić information content (AvgIpc) is 2.28. The van der Waals surface area contributed by atoms with Crippen LogP contribution in [0.2, 0.25) is 0 Å². The van der Waals surface area contributed by atoms with E-state index in [0.717, 1.165) is 32.1 Å². The maximum atomic E-state index is 12.4. The highest BCUT2D eigenvalue weighted by atomic mass is 16.2. The SMILES string of the molecule is CC1CCN(C(=O)N2CC(C)CC(C)C2)CC1. The minimum absolute atomic E-state index is 0.287. The lowest BCUT2D eigenvalue weighted by Crippen LogP contribution is -2.51. The predicted molar refractivity (Wildman–Crippen MR) is 69.9 cm³/mol. The van der Waals surface area contributed by atoms with Crippen molar-refractivity contribution >= 4 is 6.03 Å². The normalized spacial score (nSPS) is 31.7. The molecule has 2 fully saturated rings. The van der Waals surface area contributed by atoms with Crippen LogP contribution in [0, 0.1) is 17.8 Å². The summed E-state index contributed by atoms with van der Waals surface area (Å²) in [6.45, 7) is 10.6. The van der Waals surface area contributed by atoms with Gasteiger partial charge in [-0.1, -0.05) is 20.8 Å². The van der Waals surface area contributed by atoms with E-state index < -0.39 is 0 Å². The molecule has 2 heterocycles. The summed E-state index contributed by atoms with van der Waals surface area (Å²) in [6, 6.07) is 0.287. The van der Waals surface area contributed by atoms with Crippen LogP contribution >= 0.6 is 0 Å². The fraction of sp³-hybridized carbons (Fsp3) is 0.929. The summed E-state index contributed by atoms with van der Waals surface area (Å²) in [7, 11) is 0. The van der Waals surface area contributed by atoms with Crippen LogP contribution < -0.4 is 0 Å². The third-order valence-corrected chi connectivity index (χ3v) is 4.19. The number of urea groups is 1. The molecule has 2 amide bonds. The lowest BCUT2D eigenvalue weighted by atomic mass is 9.92. The van der Waals surface area contributed by atoms with Gasteiger partial charge in [-0.15, -0.1) is 0 Å². The molecule has 2 rings (SSSR count). The fourth-order valence-corrected chi connectivity index (χ4v) is 3.22. The van der Waals surface area contributed by atoms with E-state index in [1.807, 2.05) is 0 Å². The summed E-state index contributed by atoms with van der Waals surface area (Å²) < 4.78 is 0. The predicted octanol–water partition coefficient (Wildman–Crippen LogP) is 2.82. The van der Waals surface area contributed by atoms with Crippen LogP contribution in [0.1, 0.15) is 40.0 Å². The highest BCUT2D eigenvalue weighted by Crippen LogP contribution is 2.23. The summed E-state index contributed by atoms with van der Waals surface area (Å²) in [4.78, 5) is 16.5. The molecule has 0 aliphatic carbocycles. The molecule has 3 nitrogen and oxygen atoms in total.